The molecule has 26 valence electrons. The van der Waals surface area contributed by atoms with Crippen LogP contribution >= 0.6 is 0 Å². The van der Waals surface area contributed by atoms with Gasteiger partial charge in [0.15, 0.2) is 0 Å². The summed E-state index contributed by atoms with van der Waals surface area (Å²) in [5, 5.41) is 8.89. The number of carboxylic acid groups (broad SMARTS) is 1. The molecule has 0 rings (SSSR count). The van der Waals surface area contributed by atoms with E-state index >= 15 is 0 Å². The van der Waals surface area contributed by atoms with Crippen LogP contribution in [-0.4, -0.2) is 35.5 Å². The molecule has 0 spiro atoms. The van der Waals surface area contributed by atoms with Gasteiger partial charge in [0, 0.05) is 5.97 Å². The van der Waals surface area contributed by atoms with Crippen LogP contribution in [0.5, 0.6) is 0 Å². The molecule has 2 nitrogen and oxygen atoms in total. The zero-order valence-corrected chi connectivity index (χ0v) is 3.32. The average molecular weight is 90.0 g/mol. The van der Waals surface area contributed by atoms with Crippen LogP contribution in [0.15, 0.2) is 0 Å². The molecule has 0 aliphatic carbocycles. The van der Waals surface area contributed by atoms with E-state index in [4.69, 9.17) is 9.90 Å². The molecule has 0 heterocycles. The normalized spacial score (nSPS) is 4.17. The van der Waals surface area contributed by atoms with Gasteiger partial charge in [0.1, 0.15) is 0 Å². The molecule has 4 heteroatoms. The molecule has 0 fully saturated rings. The number of carbonyl (C=O) groups excluding carboxylic acids is 1. The number of hydrogen-bond donors (Lipinski definition) is 0. The van der Waals surface area contributed by atoms with Gasteiger partial charge in [0.05, 0.1) is 0 Å². The molecule has 0 amide bonds. The zero-order chi connectivity index (χ0) is 3.58. The first-order valence-electron chi connectivity index (χ1n) is 0.908. The van der Waals surface area contributed by atoms with Crippen LogP contribution in [0.3, 0.4) is 0 Å². The van der Waals surface area contributed by atoms with Crippen molar-refractivity contribution in [3.63, 3.8) is 0 Å². The third kappa shape index (κ3) is 73.6. The number of aliphatic carboxylic acids is 1. The van der Waals surface area contributed by atoms with Gasteiger partial charge >= 0.3 is 48.4 Å². The van der Waals surface area contributed by atoms with Crippen molar-refractivity contribution in [3.05, 3.63) is 0 Å². The Balaban J connectivity index is -0.0000000450. The Morgan fingerprint density at radius 1 is 1.67 bits per heavy atom. The fourth-order valence-electron chi connectivity index (χ4n) is 0. The molecule has 6 heavy (non-hydrogen) atoms. The minimum absolute atomic E-state index is 0. The van der Waals surface area contributed by atoms with Crippen molar-refractivity contribution in [2.75, 3.05) is 0 Å². The minimum atomic E-state index is -1.08. The zero-order valence-electron chi connectivity index (χ0n) is 3.32. The quantitative estimate of drug-likeness (QED) is 0.280. The number of carbonyl (C=O) groups is 1. The first-order valence-corrected chi connectivity index (χ1v) is 0.908. The molecule has 0 aliphatic heterocycles. The average Bonchev–Trinajstić information content (AvgIpc) is 0.811. The van der Waals surface area contributed by atoms with Crippen LogP contribution in [0.1, 0.15) is 6.92 Å². The summed E-state index contributed by atoms with van der Waals surface area (Å²) >= 11 is 0. The van der Waals surface area contributed by atoms with E-state index < -0.39 is 5.97 Å². The van der Waals surface area contributed by atoms with Crippen molar-refractivity contribution < 1.29 is 28.8 Å². The molecule has 0 aliphatic rings. The summed E-state index contributed by atoms with van der Waals surface area (Å²) in [6.45, 7) is 0.972. The second kappa shape index (κ2) is 9.42. The summed E-state index contributed by atoms with van der Waals surface area (Å²) in [7, 11) is 0. The fourth-order valence-corrected chi connectivity index (χ4v) is 0. The van der Waals surface area contributed by atoms with Crippen molar-refractivity contribution in [3.8, 4) is 0 Å². The molecule has 0 N–H and O–H groups in total. The molecule has 0 bridgehead atoms. The standard InChI is InChI=1S/C2H4O2.Li.Na.H/c1-2(3)4;;;/h1H3,(H,3,4);;;/q;+1;;/p-1. The van der Waals surface area contributed by atoms with Crippen LogP contribution < -0.4 is 24.0 Å². The monoisotopic (exact) mass is 90.0 g/mol. The Bertz CT molecular complexity index is 34.5. The van der Waals surface area contributed by atoms with E-state index in [9.17, 15) is 0 Å². The van der Waals surface area contributed by atoms with Crippen LogP contribution in [-0.2, 0) is 4.79 Å². The van der Waals surface area contributed by atoms with Gasteiger partial charge in [0.25, 0.3) is 0 Å². The summed E-state index contributed by atoms with van der Waals surface area (Å²) in [5.74, 6) is -1.08. The molecule has 0 aromatic rings. The Hall–Kier alpha value is 1.07. The molecule has 0 saturated carbocycles. The number of rotatable bonds is 0. The first-order chi connectivity index (χ1) is 1.73. The summed E-state index contributed by atoms with van der Waals surface area (Å²) in [6.07, 6.45) is 0. The van der Waals surface area contributed by atoms with Gasteiger partial charge in [-0.2, -0.15) is 0 Å². The third-order valence-corrected chi connectivity index (χ3v) is 0. The predicted octanol–water partition coefficient (Wildman–Crippen LogP) is -4.89. The van der Waals surface area contributed by atoms with Crippen LogP contribution in [0.25, 0.3) is 0 Å². The second-order valence-corrected chi connectivity index (χ2v) is 0.492. The number of carboxylic acids is 1. The van der Waals surface area contributed by atoms with Crippen molar-refractivity contribution in [1.29, 1.82) is 0 Å². The van der Waals surface area contributed by atoms with Gasteiger partial charge < -0.3 is 9.90 Å². The SMILES string of the molecule is CC(=O)[O-].[Li+].[NaH]. The molecule has 0 unspecified atom stereocenters. The predicted molar refractivity (Wildman–Crippen MR) is 17.8 cm³/mol. The summed E-state index contributed by atoms with van der Waals surface area (Å²) in [6, 6.07) is 0. The van der Waals surface area contributed by atoms with Crippen molar-refractivity contribution >= 4 is 35.5 Å². The van der Waals surface area contributed by atoms with Gasteiger partial charge in [-0.05, 0) is 6.92 Å². The topological polar surface area (TPSA) is 40.1 Å². The van der Waals surface area contributed by atoms with Gasteiger partial charge in [-0.3, -0.25) is 0 Å². The first kappa shape index (κ1) is 15.7. The third-order valence-electron chi connectivity index (χ3n) is 0. The van der Waals surface area contributed by atoms with Gasteiger partial charge in [-0.15, -0.1) is 0 Å². The summed E-state index contributed by atoms with van der Waals surface area (Å²) in [5.41, 5.74) is 0. The van der Waals surface area contributed by atoms with Crippen LogP contribution in [0.2, 0.25) is 0 Å². The van der Waals surface area contributed by atoms with Crippen LogP contribution in [0.4, 0.5) is 0 Å². The van der Waals surface area contributed by atoms with Crippen molar-refractivity contribution in [2.45, 2.75) is 6.92 Å². The Morgan fingerprint density at radius 3 is 1.67 bits per heavy atom. The van der Waals surface area contributed by atoms with E-state index in [0.717, 1.165) is 6.92 Å². The molecule has 0 aromatic carbocycles. The van der Waals surface area contributed by atoms with E-state index in [0.29, 0.717) is 0 Å². The van der Waals surface area contributed by atoms with Crippen molar-refractivity contribution in [2.24, 2.45) is 0 Å². The molecule has 0 atom stereocenters. The van der Waals surface area contributed by atoms with E-state index in [2.05, 4.69) is 0 Å². The maximum absolute atomic E-state index is 8.89. The van der Waals surface area contributed by atoms with Crippen molar-refractivity contribution in [1.82, 2.24) is 0 Å². The molecule has 0 aromatic heterocycles. The summed E-state index contributed by atoms with van der Waals surface area (Å²) in [4.78, 5) is 8.89. The second-order valence-electron chi connectivity index (χ2n) is 0.492. The Labute approximate surface area is 70.8 Å². The van der Waals surface area contributed by atoms with E-state index in [1.54, 1.807) is 0 Å². The van der Waals surface area contributed by atoms with E-state index in [-0.39, 0.29) is 48.4 Å². The van der Waals surface area contributed by atoms with Gasteiger partial charge in [0.2, 0.25) is 0 Å². The van der Waals surface area contributed by atoms with Crippen LogP contribution in [0, 0.1) is 0 Å². The van der Waals surface area contributed by atoms with E-state index in [1.165, 1.54) is 0 Å². The molecule has 0 radical (unpaired) electrons. The van der Waals surface area contributed by atoms with Gasteiger partial charge in [-0.25, -0.2) is 0 Å². The van der Waals surface area contributed by atoms with Gasteiger partial charge in [-0.1, -0.05) is 0 Å². The number of hydrogen-bond acceptors (Lipinski definition) is 2. The molecular formula is C2H4LiNaO2. The maximum atomic E-state index is 8.89. The Kier molecular flexibility index (Phi) is 24.7. The molecular weight excluding hydrogens is 86.0 g/mol. The summed E-state index contributed by atoms with van der Waals surface area (Å²) < 4.78 is 0. The Morgan fingerprint density at radius 2 is 1.67 bits per heavy atom. The molecule has 0 saturated heterocycles. The van der Waals surface area contributed by atoms with E-state index in [1.807, 2.05) is 0 Å². The fraction of sp³-hybridized carbons (Fsp3) is 0.500.